The fraction of sp³-hybridized carbons (Fsp3) is 0.786. The van der Waals surface area contributed by atoms with Crippen molar-refractivity contribution in [3.63, 3.8) is 0 Å². The van der Waals surface area contributed by atoms with Crippen LogP contribution in [0.25, 0.3) is 0 Å². The summed E-state index contributed by atoms with van der Waals surface area (Å²) < 4.78 is 0. The maximum Gasteiger partial charge on any atom is 0.293 e. The van der Waals surface area contributed by atoms with Gasteiger partial charge in [0, 0.05) is 25.6 Å². The van der Waals surface area contributed by atoms with Gasteiger partial charge in [0.1, 0.15) is 5.82 Å². The van der Waals surface area contributed by atoms with E-state index >= 15 is 0 Å². The van der Waals surface area contributed by atoms with Gasteiger partial charge in [-0.2, -0.15) is 0 Å². The van der Waals surface area contributed by atoms with Gasteiger partial charge in [-0.1, -0.05) is 6.92 Å². The molecule has 0 saturated carbocycles. The van der Waals surface area contributed by atoms with Gasteiger partial charge in [0.2, 0.25) is 5.82 Å². The summed E-state index contributed by atoms with van der Waals surface area (Å²) in [5.41, 5.74) is 0. The summed E-state index contributed by atoms with van der Waals surface area (Å²) in [5.74, 6) is 1.12. The Bertz CT molecular complexity index is 466. The van der Waals surface area contributed by atoms with Crippen LogP contribution in [-0.4, -0.2) is 63.1 Å². The molecular formula is C14H23N5O. The van der Waals surface area contributed by atoms with Gasteiger partial charge in [0.15, 0.2) is 0 Å². The molecule has 2 aliphatic rings. The fourth-order valence-corrected chi connectivity index (χ4v) is 3.21. The molecule has 0 bridgehead atoms. The van der Waals surface area contributed by atoms with Crippen LogP contribution in [-0.2, 0) is 6.42 Å². The Morgan fingerprint density at radius 1 is 1.35 bits per heavy atom. The van der Waals surface area contributed by atoms with Crippen LogP contribution in [0.15, 0.2) is 0 Å². The Morgan fingerprint density at radius 3 is 2.90 bits per heavy atom. The number of likely N-dealkylation sites (tertiary alicyclic amines) is 2. The maximum absolute atomic E-state index is 12.4. The molecule has 3 heterocycles. The molecule has 1 amide bonds. The van der Waals surface area contributed by atoms with Gasteiger partial charge in [-0.05, 0) is 38.8 Å². The topological polar surface area (TPSA) is 65.1 Å². The highest BCUT2D eigenvalue weighted by molar-refractivity contribution is 5.90. The molecule has 0 spiro atoms. The van der Waals surface area contributed by atoms with Crippen LogP contribution < -0.4 is 0 Å². The lowest BCUT2D eigenvalue weighted by Crippen LogP contribution is -2.37. The summed E-state index contributed by atoms with van der Waals surface area (Å²) >= 11 is 0. The number of rotatable bonds is 4. The molecule has 6 heteroatoms. The van der Waals surface area contributed by atoms with Crippen molar-refractivity contribution in [2.45, 2.75) is 45.1 Å². The first-order valence-corrected chi connectivity index (χ1v) is 7.72. The number of hydrogen-bond acceptors (Lipinski definition) is 4. The molecule has 2 fully saturated rings. The Hall–Kier alpha value is -1.43. The third kappa shape index (κ3) is 2.70. The standard InChI is InChI=1S/C14H23N5O/c1-2-5-12-15-13(17-16-12)14(20)19-9-6-11(10-19)18-7-3-4-8-18/h11H,2-10H2,1H3,(H,15,16,17). The lowest BCUT2D eigenvalue weighted by molar-refractivity contribution is 0.0768. The normalized spacial score (nSPS) is 23.6. The number of carbonyl (C=O) groups excluding carboxylic acids is 1. The largest absolute Gasteiger partial charge is 0.334 e. The highest BCUT2D eigenvalue weighted by atomic mass is 16.2. The van der Waals surface area contributed by atoms with E-state index in [2.05, 4.69) is 27.0 Å². The molecule has 2 saturated heterocycles. The maximum atomic E-state index is 12.4. The smallest absolute Gasteiger partial charge is 0.293 e. The molecule has 6 nitrogen and oxygen atoms in total. The second-order valence-corrected chi connectivity index (χ2v) is 5.79. The quantitative estimate of drug-likeness (QED) is 0.894. The van der Waals surface area contributed by atoms with Crippen molar-refractivity contribution < 1.29 is 4.79 Å². The van der Waals surface area contributed by atoms with Gasteiger partial charge in [0.25, 0.3) is 5.91 Å². The predicted octanol–water partition coefficient (Wildman–Crippen LogP) is 1.07. The Kier molecular flexibility index (Phi) is 4.00. The average molecular weight is 277 g/mol. The summed E-state index contributed by atoms with van der Waals surface area (Å²) in [6, 6.07) is 0.538. The zero-order valence-corrected chi connectivity index (χ0v) is 12.1. The Morgan fingerprint density at radius 2 is 2.15 bits per heavy atom. The first-order chi connectivity index (χ1) is 9.78. The third-order valence-corrected chi connectivity index (χ3v) is 4.32. The van der Waals surface area contributed by atoms with Gasteiger partial charge in [-0.15, -0.1) is 5.10 Å². The minimum absolute atomic E-state index is 0.0229. The molecule has 3 rings (SSSR count). The second kappa shape index (κ2) is 5.91. The van der Waals surface area contributed by atoms with Crippen LogP contribution in [0.5, 0.6) is 0 Å². The van der Waals surface area contributed by atoms with E-state index in [9.17, 15) is 4.79 Å². The Balaban J connectivity index is 1.59. The number of nitrogens with one attached hydrogen (secondary N) is 1. The predicted molar refractivity (Wildman–Crippen MR) is 75.5 cm³/mol. The molecule has 110 valence electrons. The van der Waals surface area contributed by atoms with E-state index in [4.69, 9.17) is 0 Å². The third-order valence-electron chi connectivity index (χ3n) is 4.32. The molecule has 1 atom stereocenters. The minimum atomic E-state index is -0.0229. The highest BCUT2D eigenvalue weighted by Gasteiger charge is 2.33. The van der Waals surface area contributed by atoms with E-state index < -0.39 is 0 Å². The number of hydrogen-bond donors (Lipinski definition) is 1. The van der Waals surface area contributed by atoms with Crippen molar-refractivity contribution in [1.29, 1.82) is 0 Å². The van der Waals surface area contributed by atoms with E-state index in [1.54, 1.807) is 0 Å². The van der Waals surface area contributed by atoms with Crippen molar-refractivity contribution in [3.05, 3.63) is 11.6 Å². The van der Waals surface area contributed by atoms with E-state index in [0.717, 1.165) is 38.2 Å². The van der Waals surface area contributed by atoms with E-state index in [-0.39, 0.29) is 5.91 Å². The van der Waals surface area contributed by atoms with Gasteiger partial charge < -0.3 is 4.90 Å². The lowest BCUT2D eigenvalue weighted by atomic mass is 10.2. The van der Waals surface area contributed by atoms with E-state index in [1.807, 2.05) is 4.90 Å². The van der Waals surface area contributed by atoms with Crippen molar-refractivity contribution in [2.75, 3.05) is 26.2 Å². The SMILES string of the molecule is CCCc1nc(C(=O)N2CCC(N3CCCC3)C2)n[nH]1. The molecule has 1 aromatic heterocycles. The molecule has 1 aromatic rings. The molecule has 1 N–H and O–H groups in total. The average Bonchev–Trinajstić information content (AvgIpc) is 3.19. The number of H-pyrrole nitrogens is 1. The molecule has 20 heavy (non-hydrogen) atoms. The molecule has 1 unspecified atom stereocenters. The minimum Gasteiger partial charge on any atom is -0.334 e. The summed E-state index contributed by atoms with van der Waals surface area (Å²) in [7, 11) is 0. The molecular weight excluding hydrogens is 254 g/mol. The number of amides is 1. The van der Waals surface area contributed by atoms with Gasteiger partial charge in [-0.25, -0.2) is 4.98 Å². The van der Waals surface area contributed by atoms with E-state index in [0.29, 0.717) is 11.9 Å². The van der Waals surface area contributed by atoms with Gasteiger partial charge in [0.05, 0.1) is 0 Å². The summed E-state index contributed by atoms with van der Waals surface area (Å²) in [6.45, 7) is 6.13. The molecule has 0 aromatic carbocycles. The number of aryl methyl sites for hydroxylation is 1. The molecule has 0 radical (unpaired) electrons. The number of nitrogens with zero attached hydrogens (tertiary/aromatic N) is 4. The van der Waals surface area contributed by atoms with Crippen molar-refractivity contribution in [1.82, 2.24) is 25.0 Å². The van der Waals surface area contributed by atoms with Crippen LogP contribution in [0.3, 0.4) is 0 Å². The van der Waals surface area contributed by atoms with Crippen LogP contribution in [0, 0.1) is 0 Å². The van der Waals surface area contributed by atoms with Crippen LogP contribution >= 0.6 is 0 Å². The summed E-state index contributed by atoms with van der Waals surface area (Å²) in [6.07, 6.45) is 5.52. The molecule has 0 aliphatic carbocycles. The zero-order valence-electron chi connectivity index (χ0n) is 12.1. The van der Waals surface area contributed by atoms with Crippen molar-refractivity contribution >= 4 is 5.91 Å². The Labute approximate surface area is 119 Å². The van der Waals surface area contributed by atoms with E-state index in [1.165, 1.54) is 25.9 Å². The highest BCUT2D eigenvalue weighted by Crippen LogP contribution is 2.21. The van der Waals surface area contributed by atoms with Crippen LogP contribution in [0.4, 0.5) is 0 Å². The summed E-state index contributed by atoms with van der Waals surface area (Å²) in [4.78, 5) is 21.1. The van der Waals surface area contributed by atoms with Crippen LogP contribution in [0.1, 0.15) is 49.1 Å². The monoisotopic (exact) mass is 277 g/mol. The fourth-order valence-electron chi connectivity index (χ4n) is 3.21. The first-order valence-electron chi connectivity index (χ1n) is 7.72. The number of aromatic amines is 1. The van der Waals surface area contributed by atoms with Gasteiger partial charge >= 0.3 is 0 Å². The van der Waals surface area contributed by atoms with Gasteiger partial charge in [-0.3, -0.25) is 14.8 Å². The summed E-state index contributed by atoms with van der Waals surface area (Å²) in [5, 5.41) is 6.92. The number of aromatic nitrogens is 3. The second-order valence-electron chi connectivity index (χ2n) is 5.79. The van der Waals surface area contributed by atoms with Crippen LogP contribution in [0.2, 0.25) is 0 Å². The van der Waals surface area contributed by atoms with Crippen molar-refractivity contribution in [3.8, 4) is 0 Å². The number of carbonyl (C=O) groups is 1. The first kappa shape index (κ1) is 13.5. The zero-order chi connectivity index (χ0) is 13.9. The molecule has 2 aliphatic heterocycles. The lowest BCUT2D eigenvalue weighted by Gasteiger charge is -2.23. The van der Waals surface area contributed by atoms with Crippen molar-refractivity contribution in [2.24, 2.45) is 0 Å².